The topological polar surface area (TPSA) is 133 Å². The molecule has 1 atom stereocenters. The van der Waals surface area contributed by atoms with Crippen LogP contribution in [0.1, 0.15) is 39.5 Å². The fraction of sp³-hybridized carbons (Fsp3) is 0.273. The third kappa shape index (κ3) is 5.53. The van der Waals surface area contributed by atoms with Gasteiger partial charge in [-0.05, 0) is 44.0 Å². The van der Waals surface area contributed by atoms with E-state index in [-0.39, 0.29) is 23.0 Å². The van der Waals surface area contributed by atoms with E-state index in [9.17, 15) is 14.4 Å². The maximum atomic E-state index is 13.0. The summed E-state index contributed by atoms with van der Waals surface area (Å²) in [5.41, 5.74) is 0.768. The molecule has 10 nitrogen and oxygen atoms in total. The van der Waals surface area contributed by atoms with Crippen LogP contribution in [0.25, 0.3) is 0 Å². The van der Waals surface area contributed by atoms with Crippen molar-refractivity contribution < 1.29 is 9.59 Å². The molecule has 0 radical (unpaired) electrons. The van der Waals surface area contributed by atoms with Crippen molar-refractivity contribution in [2.75, 3.05) is 23.3 Å². The summed E-state index contributed by atoms with van der Waals surface area (Å²) < 4.78 is 0. The maximum absolute atomic E-state index is 13.0. The zero-order chi connectivity index (χ0) is 23.4. The smallest absolute Gasteiger partial charge is 0.276 e. The van der Waals surface area contributed by atoms with Crippen molar-refractivity contribution >= 4 is 35.1 Å². The van der Waals surface area contributed by atoms with Gasteiger partial charge in [-0.15, -0.1) is 0 Å². The number of aromatic nitrogens is 4. The lowest BCUT2D eigenvalue weighted by atomic mass is 10.1. The van der Waals surface area contributed by atoms with Crippen molar-refractivity contribution in [2.45, 2.75) is 25.8 Å². The first kappa shape index (κ1) is 22.4. The zero-order valence-corrected chi connectivity index (χ0v) is 18.6. The van der Waals surface area contributed by atoms with Crippen LogP contribution in [0.2, 0.25) is 5.02 Å². The number of halogens is 1. The van der Waals surface area contributed by atoms with Crippen LogP contribution < -0.4 is 21.1 Å². The molecule has 0 spiro atoms. The number of benzene rings is 1. The molecule has 1 aliphatic heterocycles. The minimum Gasteiger partial charge on any atom is -0.346 e. The average Bonchev–Trinajstić information content (AvgIpc) is 2.80. The fourth-order valence-corrected chi connectivity index (χ4v) is 3.77. The van der Waals surface area contributed by atoms with Crippen LogP contribution in [0.3, 0.4) is 0 Å². The predicted octanol–water partition coefficient (Wildman–Crippen LogP) is 2.17. The van der Waals surface area contributed by atoms with Gasteiger partial charge in [0, 0.05) is 54.0 Å². The molecule has 2 aromatic heterocycles. The van der Waals surface area contributed by atoms with Crippen molar-refractivity contribution in [1.82, 2.24) is 25.3 Å². The van der Waals surface area contributed by atoms with Gasteiger partial charge in [0.05, 0.1) is 0 Å². The van der Waals surface area contributed by atoms with Crippen LogP contribution in [-0.2, 0) is 0 Å². The molecule has 3 N–H and O–H groups in total. The Morgan fingerprint density at radius 1 is 1.12 bits per heavy atom. The van der Waals surface area contributed by atoms with E-state index in [1.807, 2.05) is 4.90 Å². The van der Waals surface area contributed by atoms with Gasteiger partial charge in [0.25, 0.3) is 17.4 Å². The summed E-state index contributed by atoms with van der Waals surface area (Å²) in [6.07, 6.45) is 4.26. The van der Waals surface area contributed by atoms with Gasteiger partial charge >= 0.3 is 0 Å². The molecular formula is C22H22ClN7O3. The highest BCUT2D eigenvalue weighted by Crippen LogP contribution is 2.17. The van der Waals surface area contributed by atoms with Crippen LogP contribution in [0.15, 0.2) is 47.5 Å². The lowest BCUT2D eigenvalue weighted by Gasteiger charge is -2.33. The highest BCUT2D eigenvalue weighted by Gasteiger charge is 2.26. The number of amides is 2. The maximum Gasteiger partial charge on any atom is 0.276 e. The molecule has 1 aromatic carbocycles. The number of nitrogens with one attached hydrogen (secondary N) is 3. The van der Waals surface area contributed by atoms with Gasteiger partial charge in [0.15, 0.2) is 11.4 Å². The number of rotatable bonds is 5. The monoisotopic (exact) mass is 467 g/mol. The Bertz CT molecular complexity index is 1230. The van der Waals surface area contributed by atoms with Gasteiger partial charge in [-0.25, -0.2) is 15.0 Å². The zero-order valence-electron chi connectivity index (χ0n) is 17.8. The third-order valence-corrected chi connectivity index (χ3v) is 5.40. The Kier molecular flexibility index (Phi) is 6.64. The van der Waals surface area contributed by atoms with Gasteiger partial charge in [-0.1, -0.05) is 11.6 Å². The largest absolute Gasteiger partial charge is 0.346 e. The second kappa shape index (κ2) is 9.78. The Morgan fingerprint density at radius 3 is 2.52 bits per heavy atom. The second-order valence-corrected chi connectivity index (χ2v) is 8.12. The van der Waals surface area contributed by atoms with Crippen LogP contribution in [-0.4, -0.2) is 50.9 Å². The summed E-state index contributed by atoms with van der Waals surface area (Å²) in [6.45, 7) is 2.93. The Labute approximate surface area is 194 Å². The summed E-state index contributed by atoms with van der Waals surface area (Å²) in [5.74, 6) is -0.578. The SMILES string of the molecule is Cc1cc(=O)[nH]c(N2CCCC(NC(=O)c3nccnc3C(=O)Nc3ccc(Cl)cc3)C2)n1. The normalized spacial score (nSPS) is 15.7. The van der Waals surface area contributed by atoms with Crippen LogP contribution in [0.5, 0.6) is 0 Å². The highest BCUT2D eigenvalue weighted by molar-refractivity contribution is 6.30. The molecule has 3 heterocycles. The molecule has 0 aliphatic carbocycles. The molecule has 33 heavy (non-hydrogen) atoms. The number of carbonyl (C=O) groups excluding carboxylic acids is 2. The number of anilines is 2. The summed E-state index contributed by atoms with van der Waals surface area (Å²) in [7, 11) is 0. The van der Waals surface area contributed by atoms with Crippen LogP contribution >= 0.6 is 11.6 Å². The first-order chi connectivity index (χ1) is 15.9. The molecule has 11 heteroatoms. The number of piperidine rings is 1. The number of hydrogen-bond donors (Lipinski definition) is 3. The Hall–Kier alpha value is -3.79. The van der Waals surface area contributed by atoms with Crippen LogP contribution in [0, 0.1) is 6.92 Å². The molecule has 1 unspecified atom stereocenters. The van der Waals surface area contributed by atoms with Gasteiger partial charge < -0.3 is 15.5 Å². The number of aryl methyl sites for hydroxylation is 1. The number of carbonyl (C=O) groups is 2. The van der Waals surface area contributed by atoms with Crippen LogP contribution in [0.4, 0.5) is 11.6 Å². The molecular weight excluding hydrogens is 446 g/mol. The second-order valence-electron chi connectivity index (χ2n) is 7.68. The number of H-pyrrole nitrogens is 1. The van der Waals surface area contributed by atoms with Crippen molar-refractivity contribution in [3.8, 4) is 0 Å². The molecule has 1 aliphatic rings. The molecule has 1 saturated heterocycles. The summed E-state index contributed by atoms with van der Waals surface area (Å²) in [6, 6.07) is 7.80. The first-order valence-electron chi connectivity index (χ1n) is 10.4. The van der Waals surface area contributed by atoms with Gasteiger partial charge in [-0.2, -0.15) is 0 Å². The molecule has 0 saturated carbocycles. The van der Waals surface area contributed by atoms with E-state index in [0.29, 0.717) is 35.4 Å². The van der Waals surface area contributed by atoms with Gasteiger partial charge in [0.1, 0.15) is 0 Å². The molecule has 1 fully saturated rings. The molecule has 0 bridgehead atoms. The fourth-order valence-electron chi connectivity index (χ4n) is 3.65. The molecule has 2 amide bonds. The van der Waals surface area contributed by atoms with Crippen molar-refractivity contribution in [1.29, 1.82) is 0 Å². The number of nitrogens with zero attached hydrogens (tertiary/aromatic N) is 4. The van der Waals surface area contributed by atoms with E-state index < -0.39 is 11.8 Å². The summed E-state index contributed by atoms with van der Waals surface area (Å²) in [4.78, 5) is 54.7. The molecule has 3 aromatic rings. The lowest BCUT2D eigenvalue weighted by molar-refractivity contribution is 0.0915. The van der Waals surface area contributed by atoms with E-state index in [4.69, 9.17) is 11.6 Å². The standard InChI is InChI=1S/C22H22ClN7O3/c1-13-11-17(31)29-22(26-13)30-10-2-3-16(12-30)28-21(33)19-18(24-8-9-25-19)20(32)27-15-6-4-14(23)5-7-15/h4-9,11,16H,2-3,10,12H2,1H3,(H,27,32)(H,28,33)(H,26,29,31). The van der Waals surface area contributed by atoms with E-state index in [2.05, 4.69) is 30.6 Å². The predicted molar refractivity (Wildman–Crippen MR) is 124 cm³/mol. The van der Waals surface area contributed by atoms with E-state index in [1.165, 1.54) is 18.5 Å². The van der Waals surface area contributed by atoms with E-state index in [0.717, 1.165) is 12.8 Å². The molecule has 170 valence electrons. The lowest BCUT2D eigenvalue weighted by Crippen LogP contribution is -2.49. The quantitative estimate of drug-likeness (QED) is 0.523. The number of aromatic amines is 1. The summed E-state index contributed by atoms with van der Waals surface area (Å²) in [5, 5.41) is 6.16. The minimum absolute atomic E-state index is 0.0665. The van der Waals surface area contributed by atoms with E-state index in [1.54, 1.807) is 31.2 Å². The van der Waals surface area contributed by atoms with Gasteiger partial charge in [0.2, 0.25) is 5.95 Å². The van der Waals surface area contributed by atoms with Crippen molar-refractivity contribution in [3.63, 3.8) is 0 Å². The number of hydrogen-bond acceptors (Lipinski definition) is 7. The average molecular weight is 468 g/mol. The molecule has 4 rings (SSSR count). The highest BCUT2D eigenvalue weighted by atomic mass is 35.5. The van der Waals surface area contributed by atoms with E-state index >= 15 is 0 Å². The Balaban J connectivity index is 1.46. The third-order valence-electron chi connectivity index (χ3n) is 5.14. The minimum atomic E-state index is -0.553. The van der Waals surface area contributed by atoms with Gasteiger partial charge in [-0.3, -0.25) is 19.4 Å². The Morgan fingerprint density at radius 2 is 1.82 bits per heavy atom. The van der Waals surface area contributed by atoms with Crippen molar-refractivity contribution in [3.05, 3.63) is 75.2 Å². The summed E-state index contributed by atoms with van der Waals surface area (Å²) >= 11 is 5.88. The van der Waals surface area contributed by atoms with Crippen molar-refractivity contribution in [2.24, 2.45) is 0 Å². The first-order valence-corrected chi connectivity index (χ1v) is 10.8.